The van der Waals surface area contributed by atoms with Crippen molar-refractivity contribution in [2.24, 2.45) is 0 Å². The molecular formula is C19H24N2O2S. The quantitative estimate of drug-likeness (QED) is 0.778. The van der Waals surface area contributed by atoms with Crippen LogP contribution in [-0.2, 0) is 16.6 Å². The molecule has 1 aromatic carbocycles. The molecule has 2 rings (SSSR count). The van der Waals surface area contributed by atoms with Gasteiger partial charge >= 0.3 is 0 Å². The summed E-state index contributed by atoms with van der Waals surface area (Å²) in [7, 11) is 0. The van der Waals surface area contributed by atoms with Gasteiger partial charge in [0.05, 0.1) is 11.2 Å². The van der Waals surface area contributed by atoms with Crippen molar-refractivity contribution < 1.29 is 9.59 Å². The molecule has 0 atom stereocenters. The lowest BCUT2D eigenvalue weighted by molar-refractivity contribution is -0.121. The van der Waals surface area contributed by atoms with Crippen molar-refractivity contribution >= 4 is 23.0 Å². The van der Waals surface area contributed by atoms with E-state index in [0.717, 1.165) is 12.1 Å². The Kier molecular flexibility index (Phi) is 6.26. The number of carbonyl (C=O) groups is 2. The van der Waals surface area contributed by atoms with Crippen LogP contribution in [0.3, 0.4) is 0 Å². The van der Waals surface area contributed by atoms with Crippen molar-refractivity contribution in [1.82, 2.24) is 10.3 Å². The SMILES string of the molecule is CC(C)(C)c1ccc(C(=O)CCC(=O)NCCc2cscn2)cc1. The maximum Gasteiger partial charge on any atom is 0.220 e. The first-order chi connectivity index (χ1) is 11.4. The van der Waals surface area contributed by atoms with Crippen LogP contribution in [0.5, 0.6) is 0 Å². The van der Waals surface area contributed by atoms with E-state index in [1.807, 2.05) is 29.6 Å². The number of nitrogens with one attached hydrogen (secondary N) is 1. The molecule has 2 aromatic rings. The second-order valence-electron chi connectivity index (χ2n) is 6.83. The molecule has 1 heterocycles. The topological polar surface area (TPSA) is 59.1 Å². The normalized spacial score (nSPS) is 11.3. The van der Waals surface area contributed by atoms with Gasteiger partial charge in [-0.3, -0.25) is 9.59 Å². The van der Waals surface area contributed by atoms with Gasteiger partial charge in [0.2, 0.25) is 5.91 Å². The van der Waals surface area contributed by atoms with Crippen LogP contribution in [0.4, 0.5) is 0 Å². The highest BCUT2D eigenvalue weighted by Crippen LogP contribution is 2.22. The fraction of sp³-hybridized carbons (Fsp3) is 0.421. The molecule has 0 aliphatic heterocycles. The van der Waals surface area contributed by atoms with Gasteiger partial charge < -0.3 is 5.32 Å². The molecule has 0 fully saturated rings. The Morgan fingerprint density at radius 3 is 2.42 bits per heavy atom. The van der Waals surface area contributed by atoms with Crippen molar-refractivity contribution in [3.63, 3.8) is 0 Å². The predicted molar refractivity (Wildman–Crippen MR) is 97.5 cm³/mol. The Morgan fingerprint density at radius 1 is 1.12 bits per heavy atom. The van der Waals surface area contributed by atoms with E-state index in [4.69, 9.17) is 0 Å². The van der Waals surface area contributed by atoms with Crippen LogP contribution in [0, 0.1) is 0 Å². The summed E-state index contributed by atoms with van der Waals surface area (Å²) in [6, 6.07) is 7.68. The number of carbonyl (C=O) groups excluding carboxylic acids is 2. The average Bonchev–Trinajstić information content (AvgIpc) is 3.05. The monoisotopic (exact) mass is 344 g/mol. The number of hydrogen-bond donors (Lipinski definition) is 1. The Balaban J connectivity index is 1.74. The summed E-state index contributed by atoms with van der Waals surface area (Å²) in [6.45, 7) is 6.97. The van der Waals surface area contributed by atoms with Crippen molar-refractivity contribution in [2.45, 2.75) is 45.4 Å². The smallest absolute Gasteiger partial charge is 0.220 e. The van der Waals surface area contributed by atoms with Crippen LogP contribution in [0.15, 0.2) is 35.2 Å². The van der Waals surface area contributed by atoms with Crippen LogP contribution >= 0.6 is 11.3 Å². The number of rotatable bonds is 7. The summed E-state index contributed by atoms with van der Waals surface area (Å²) in [5.74, 6) is -0.0880. The number of ketones is 1. The number of amides is 1. The maximum atomic E-state index is 12.2. The summed E-state index contributed by atoms with van der Waals surface area (Å²) in [6.07, 6.45) is 1.17. The molecule has 0 spiro atoms. The number of benzene rings is 1. The Hall–Kier alpha value is -2.01. The average molecular weight is 344 g/mol. The van der Waals surface area contributed by atoms with Crippen LogP contribution in [-0.4, -0.2) is 23.2 Å². The van der Waals surface area contributed by atoms with Gasteiger partial charge in [0, 0.05) is 36.8 Å². The van der Waals surface area contributed by atoms with Gasteiger partial charge in [-0.2, -0.15) is 0 Å². The lowest BCUT2D eigenvalue weighted by atomic mass is 9.86. The molecule has 5 heteroatoms. The van der Waals surface area contributed by atoms with Crippen molar-refractivity contribution in [2.75, 3.05) is 6.54 Å². The number of thiazole rings is 1. The molecule has 1 amide bonds. The minimum absolute atomic E-state index is 0.00473. The lowest BCUT2D eigenvalue weighted by Crippen LogP contribution is -2.26. The molecule has 0 radical (unpaired) electrons. The second kappa shape index (κ2) is 8.20. The Bertz CT molecular complexity index is 670. The lowest BCUT2D eigenvalue weighted by Gasteiger charge is -2.18. The van der Waals surface area contributed by atoms with Crippen molar-refractivity contribution in [1.29, 1.82) is 0 Å². The zero-order chi connectivity index (χ0) is 17.6. The van der Waals surface area contributed by atoms with Gasteiger partial charge in [-0.15, -0.1) is 11.3 Å². The molecule has 128 valence electrons. The highest BCUT2D eigenvalue weighted by atomic mass is 32.1. The highest BCUT2D eigenvalue weighted by Gasteiger charge is 2.14. The molecule has 0 saturated heterocycles. The van der Waals surface area contributed by atoms with Gasteiger partial charge in [0.15, 0.2) is 5.78 Å². The fourth-order valence-electron chi connectivity index (χ4n) is 2.31. The van der Waals surface area contributed by atoms with E-state index in [1.165, 1.54) is 5.56 Å². The molecule has 0 bridgehead atoms. The second-order valence-corrected chi connectivity index (χ2v) is 7.55. The zero-order valence-electron chi connectivity index (χ0n) is 14.5. The first kappa shape index (κ1) is 18.3. The maximum absolute atomic E-state index is 12.2. The van der Waals surface area contributed by atoms with Crippen LogP contribution in [0.25, 0.3) is 0 Å². The molecule has 24 heavy (non-hydrogen) atoms. The molecule has 4 nitrogen and oxygen atoms in total. The first-order valence-electron chi connectivity index (χ1n) is 8.14. The molecular weight excluding hydrogens is 320 g/mol. The van der Waals surface area contributed by atoms with Gasteiger partial charge in [-0.1, -0.05) is 45.0 Å². The minimum Gasteiger partial charge on any atom is -0.356 e. The van der Waals surface area contributed by atoms with Gasteiger partial charge in [-0.05, 0) is 11.0 Å². The molecule has 0 saturated carbocycles. The molecule has 0 aliphatic carbocycles. The molecule has 0 aliphatic rings. The number of Topliss-reactive ketones (excluding diaryl/α,β-unsaturated/α-hetero) is 1. The van der Waals surface area contributed by atoms with E-state index in [2.05, 4.69) is 31.1 Å². The standard InChI is InChI=1S/C19H24N2O2S/c1-19(2,3)15-6-4-14(5-7-15)17(22)8-9-18(23)20-11-10-16-12-24-13-21-16/h4-7,12-13H,8-11H2,1-3H3,(H,20,23). The summed E-state index contributed by atoms with van der Waals surface area (Å²) in [5.41, 5.74) is 4.69. The van der Waals surface area contributed by atoms with E-state index in [-0.39, 0.29) is 29.9 Å². The number of hydrogen-bond acceptors (Lipinski definition) is 4. The third-order valence-electron chi connectivity index (χ3n) is 3.84. The van der Waals surface area contributed by atoms with Gasteiger partial charge in [-0.25, -0.2) is 4.98 Å². The third kappa shape index (κ3) is 5.57. The minimum atomic E-state index is -0.0927. The third-order valence-corrected chi connectivity index (χ3v) is 4.47. The fourth-order valence-corrected chi connectivity index (χ4v) is 2.90. The summed E-state index contributed by atoms with van der Waals surface area (Å²) in [5, 5.41) is 4.80. The van der Waals surface area contributed by atoms with Crippen LogP contribution < -0.4 is 5.32 Å². The Labute approximate surface area is 147 Å². The zero-order valence-corrected chi connectivity index (χ0v) is 15.3. The summed E-state index contributed by atoms with van der Waals surface area (Å²) >= 11 is 1.54. The van der Waals surface area contributed by atoms with E-state index in [1.54, 1.807) is 16.8 Å². The van der Waals surface area contributed by atoms with Crippen molar-refractivity contribution in [3.05, 3.63) is 52.0 Å². The summed E-state index contributed by atoms with van der Waals surface area (Å²) < 4.78 is 0. The molecule has 1 aromatic heterocycles. The predicted octanol–water partition coefficient (Wildman–Crippen LogP) is 3.76. The van der Waals surface area contributed by atoms with E-state index < -0.39 is 0 Å². The number of aromatic nitrogens is 1. The molecule has 0 unspecified atom stereocenters. The largest absolute Gasteiger partial charge is 0.356 e. The Morgan fingerprint density at radius 2 is 1.83 bits per heavy atom. The van der Waals surface area contributed by atoms with E-state index in [9.17, 15) is 9.59 Å². The van der Waals surface area contributed by atoms with E-state index in [0.29, 0.717) is 12.1 Å². The summed E-state index contributed by atoms with van der Waals surface area (Å²) in [4.78, 5) is 28.2. The number of nitrogens with zero attached hydrogens (tertiary/aromatic N) is 1. The van der Waals surface area contributed by atoms with E-state index >= 15 is 0 Å². The first-order valence-corrected chi connectivity index (χ1v) is 9.08. The van der Waals surface area contributed by atoms with Gasteiger partial charge in [0.25, 0.3) is 0 Å². The molecule has 1 N–H and O–H groups in total. The highest BCUT2D eigenvalue weighted by molar-refractivity contribution is 7.07. The van der Waals surface area contributed by atoms with Crippen LogP contribution in [0.1, 0.15) is 55.2 Å². The van der Waals surface area contributed by atoms with Crippen LogP contribution in [0.2, 0.25) is 0 Å². The van der Waals surface area contributed by atoms with Gasteiger partial charge in [0.1, 0.15) is 0 Å². The van der Waals surface area contributed by atoms with Crippen molar-refractivity contribution in [3.8, 4) is 0 Å².